The van der Waals surface area contributed by atoms with Gasteiger partial charge in [0, 0.05) is 30.0 Å². The maximum absolute atomic E-state index is 12.1. The van der Waals surface area contributed by atoms with Gasteiger partial charge in [0.05, 0.1) is 6.54 Å². The second-order valence-corrected chi connectivity index (χ2v) is 7.66. The summed E-state index contributed by atoms with van der Waals surface area (Å²) in [5.74, 6) is 0.580. The van der Waals surface area contributed by atoms with Crippen LogP contribution in [0, 0.1) is 0 Å². The lowest BCUT2D eigenvalue weighted by molar-refractivity contribution is -0.120. The van der Waals surface area contributed by atoms with Crippen molar-refractivity contribution in [2.24, 2.45) is 4.99 Å². The van der Waals surface area contributed by atoms with E-state index in [1.54, 1.807) is 7.05 Å². The summed E-state index contributed by atoms with van der Waals surface area (Å²) >= 11 is 3.66. The highest BCUT2D eigenvalue weighted by atomic mass is 79.9. The molecule has 5 nitrogen and oxygen atoms in total. The zero-order valence-electron chi connectivity index (χ0n) is 15.5. The third-order valence-corrected chi connectivity index (χ3v) is 5.56. The Hall–Kier alpha value is -2.34. The predicted molar refractivity (Wildman–Crippen MR) is 113 cm³/mol. The van der Waals surface area contributed by atoms with E-state index in [-0.39, 0.29) is 17.9 Å². The highest BCUT2D eigenvalue weighted by Gasteiger charge is 2.45. The molecule has 3 rings (SSSR count). The van der Waals surface area contributed by atoms with Crippen molar-refractivity contribution >= 4 is 27.8 Å². The van der Waals surface area contributed by atoms with Gasteiger partial charge < -0.3 is 16.0 Å². The average Bonchev–Trinajstić information content (AvgIpc) is 3.48. The van der Waals surface area contributed by atoms with Crippen molar-refractivity contribution in [1.29, 1.82) is 0 Å². The molecule has 0 bridgehead atoms. The van der Waals surface area contributed by atoms with E-state index < -0.39 is 0 Å². The summed E-state index contributed by atoms with van der Waals surface area (Å²) in [6.07, 6.45) is 2.30. The molecule has 1 aliphatic carbocycles. The van der Waals surface area contributed by atoms with E-state index in [0.717, 1.165) is 29.4 Å². The van der Waals surface area contributed by atoms with Crippen LogP contribution in [0.15, 0.2) is 64.1 Å². The molecule has 1 saturated carbocycles. The monoisotopic (exact) mass is 428 g/mol. The minimum absolute atomic E-state index is 0.0613. The maximum Gasteiger partial charge on any atom is 0.239 e. The molecule has 1 fully saturated rings. The number of halogens is 1. The summed E-state index contributed by atoms with van der Waals surface area (Å²) in [5, 5.41) is 9.36. The van der Waals surface area contributed by atoms with Crippen LogP contribution < -0.4 is 16.0 Å². The number of carbonyl (C=O) groups is 1. The van der Waals surface area contributed by atoms with Crippen LogP contribution in [-0.2, 0) is 16.8 Å². The van der Waals surface area contributed by atoms with Crippen molar-refractivity contribution in [2.75, 3.05) is 20.1 Å². The number of amides is 1. The van der Waals surface area contributed by atoms with Crippen molar-refractivity contribution in [1.82, 2.24) is 16.0 Å². The van der Waals surface area contributed by atoms with E-state index in [0.29, 0.717) is 12.5 Å². The average molecular weight is 429 g/mol. The second kappa shape index (κ2) is 9.04. The van der Waals surface area contributed by atoms with Gasteiger partial charge in [-0.3, -0.25) is 9.79 Å². The van der Waals surface area contributed by atoms with Gasteiger partial charge in [-0.15, -0.1) is 0 Å². The summed E-state index contributed by atoms with van der Waals surface area (Å²) in [6.45, 7) is 1.51. The molecule has 0 unspecified atom stereocenters. The van der Waals surface area contributed by atoms with Gasteiger partial charge in [-0.05, 0) is 30.0 Å². The summed E-state index contributed by atoms with van der Waals surface area (Å²) in [4.78, 5) is 16.3. The van der Waals surface area contributed by atoms with Crippen molar-refractivity contribution in [3.8, 4) is 0 Å². The molecule has 0 heterocycles. The van der Waals surface area contributed by atoms with E-state index >= 15 is 0 Å². The molecule has 27 heavy (non-hydrogen) atoms. The molecule has 0 saturated heterocycles. The van der Waals surface area contributed by atoms with Gasteiger partial charge >= 0.3 is 0 Å². The number of nitrogens with one attached hydrogen (secondary N) is 3. The number of carbonyl (C=O) groups excluding carboxylic acids is 1. The van der Waals surface area contributed by atoms with Gasteiger partial charge in [0.1, 0.15) is 0 Å². The normalized spacial score (nSPS) is 15.1. The van der Waals surface area contributed by atoms with Crippen molar-refractivity contribution in [3.05, 3.63) is 70.2 Å². The zero-order valence-corrected chi connectivity index (χ0v) is 17.1. The lowest BCUT2D eigenvalue weighted by Gasteiger charge is -2.20. The van der Waals surface area contributed by atoms with Crippen molar-refractivity contribution in [3.63, 3.8) is 0 Å². The standard InChI is InChI=1S/C21H25BrN4O/c1-23-20(25-14-19(27)24-13-16-7-3-2-4-8-16)26-15-21(11-12-21)17-9-5-6-10-18(17)22/h2-10H,11-15H2,1H3,(H,24,27)(H2,23,25,26). The molecule has 2 aromatic rings. The van der Waals surface area contributed by atoms with E-state index in [9.17, 15) is 4.79 Å². The largest absolute Gasteiger partial charge is 0.356 e. The number of guanidine groups is 1. The zero-order chi connectivity index (χ0) is 19.1. The number of aliphatic imine (C=N–C) groups is 1. The van der Waals surface area contributed by atoms with E-state index in [1.165, 1.54) is 5.56 Å². The minimum Gasteiger partial charge on any atom is -0.356 e. The Balaban J connectivity index is 1.45. The van der Waals surface area contributed by atoms with Crippen LogP contribution in [-0.4, -0.2) is 32.0 Å². The summed E-state index contributed by atoms with van der Waals surface area (Å²) < 4.78 is 1.15. The quantitative estimate of drug-likeness (QED) is 0.469. The molecular weight excluding hydrogens is 404 g/mol. The van der Waals surface area contributed by atoms with Crippen molar-refractivity contribution < 1.29 is 4.79 Å². The van der Waals surface area contributed by atoms with Crippen LogP contribution in [0.5, 0.6) is 0 Å². The first-order chi connectivity index (χ1) is 13.1. The fourth-order valence-corrected chi connectivity index (χ4v) is 3.79. The molecule has 6 heteroatoms. The maximum atomic E-state index is 12.1. The first kappa shape index (κ1) is 19.4. The fourth-order valence-electron chi connectivity index (χ4n) is 3.08. The Morgan fingerprint density at radius 1 is 1.04 bits per heavy atom. The molecule has 142 valence electrons. The van der Waals surface area contributed by atoms with Crippen LogP contribution in [0.1, 0.15) is 24.0 Å². The number of benzene rings is 2. The van der Waals surface area contributed by atoms with Gasteiger partial charge in [-0.25, -0.2) is 0 Å². The second-order valence-electron chi connectivity index (χ2n) is 6.80. The smallest absolute Gasteiger partial charge is 0.239 e. The first-order valence-electron chi connectivity index (χ1n) is 9.13. The number of nitrogens with zero attached hydrogens (tertiary/aromatic N) is 1. The molecule has 3 N–H and O–H groups in total. The molecule has 1 amide bonds. The first-order valence-corrected chi connectivity index (χ1v) is 9.92. The SMILES string of the molecule is CN=C(NCC(=O)NCc1ccccc1)NCC1(c2ccccc2Br)CC1. The van der Waals surface area contributed by atoms with Gasteiger partial charge in [-0.1, -0.05) is 64.5 Å². The molecule has 2 aromatic carbocycles. The summed E-state index contributed by atoms with van der Waals surface area (Å²) in [5.41, 5.74) is 2.55. The van der Waals surface area contributed by atoms with Crippen molar-refractivity contribution in [2.45, 2.75) is 24.8 Å². The molecule has 0 spiro atoms. The molecule has 0 aliphatic heterocycles. The van der Waals surface area contributed by atoms with Gasteiger partial charge in [-0.2, -0.15) is 0 Å². The Kier molecular flexibility index (Phi) is 6.50. The highest BCUT2D eigenvalue weighted by Crippen LogP contribution is 2.49. The lowest BCUT2D eigenvalue weighted by atomic mass is 9.96. The van der Waals surface area contributed by atoms with E-state index in [4.69, 9.17) is 0 Å². The Labute approximate surface area is 168 Å². The molecular formula is C21H25BrN4O. The molecule has 0 aromatic heterocycles. The Morgan fingerprint density at radius 2 is 1.74 bits per heavy atom. The van der Waals surface area contributed by atoms with Gasteiger partial charge in [0.2, 0.25) is 5.91 Å². The topological polar surface area (TPSA) is 65.5 Å². The van der Waals surface area contributed by atoms with Crippen LogP contribution in [0.4, 0.5) is 0 Å². The number of hydrogen-bond donors (Lipinski definition) is 3. The summed E-state index contributed by atoms with van der Waals surface area (Å²) in [7, 11) is 1.72. The third-order valence-electron chi connectivity index (χ3n) is 4.87. The van der Waals surface area contributed by atoms with E-state index in [1.807, 2.05) is 36.4 Å². The van der Waals surface area contributed by atoms with Gasteiger partial charge in [0.15, 0.2) is 5.96 Å². The predicted octanol–water partition coefficient (Wildman–Crippen LogP) is 2.96. The van der Waals surface area contributed by atoms with Crippen LogP contribution >= 0.6 is 15.9 Å². The molecule has 0 atom stereocenters. The minimum atomic E-state index is -0.0613. The molecule has 1 aliphatic rings. The van der Waals surface area contributed by atoms with E-state index in [2.05, 4.69) is 55.1 Å². The number of rotatable bonds is 7. The third kappa shape index (κ3) is 5.32. The fraction of sp³-hybridized carbons (Fsp3) is 0.333. The highest BCUT2D eigenvalue weighted by molar-refractivity contribution is 9.10. The Bertz CT molecular complexity index is 803. The number of hydrogen-bond acceptors (Lipinski definition) is 2. The van der Waals surface area contributed by atoms with Crippen LogP contribution in [0.2, 0.25) is 0 Å². The Morgan fingerprint density at radius 3 is 2.41 bits per heavy atom. The molecule has 0 radical (unpaired) electrons. The van der Waals surface area contributed by atoms with Gasteiger partial charge in [0.25, 0.3) is 0 Å². The van der Waals surface area contributed by atoms with Crippen LogP contribution in [0.3, 0.4) is 0 Å². The summed E-state index contributed by atoms with van der Waals surface area (Å²) in [6, 6.07) is 18.2. The lowest BCUT2D eigenvalue weighted by Crippen LogP contribution is -2.45. The van der Waals surface area contributed by atoms with Crippen LogP contribution in [0.25, 0.3) is 0 Å².